The number of carbonyl (C=O) groups excluding carboxylic acids is 3. The lowest BCUT2D eigenvalue weighted by atomic mass is 9.95. The highest BCUT2D eigenvalue weighted by atomic mass is 32.2. The van der Waals surface area contributed by atoms with Crippen LogP contribution in [0.4, 0.5) is 27.5 Å². The molecule has 1 aliphatic rings. The molecule has 0 aliphatic carbocycles. The molecule has 0 radical (unpaired) electrons. The Morgan fingerprint density at radius 3 is 2.33 bits per heavy atom. The SMILES string of the molecule is CC(C)(C)OC(=O)n1ccc2ccc(NC(=O)c3cc(NS(C)(=O)=O)ccc3N(C(=O)C3CCNCC3)c3ccncc3)cc21. The van der Waals surface area contributed by atoms with E-state index in [-0.39, 0.29) is 28.8 Å². The second-order valence-electron chi connectivity index (χ2n) is 11.9. The van der Waals surface area contributed by atoms with E-state index in [4.69, 9.17) is 4.74 Å². The van der Waals surface area contributed by atoms with E-state index >= 15 is 0 Å². The number of nitrogens with one attached hydrogen (secondary N) is 3. The van der Waals surface area contributed by atoms with E-state index < -0.39 is 27.6 Å². The van der Waals surface area contributed by atoms with Crippen molar-refractivity contribution < 1.29 is 27.5 Å². The number of fused-ring (bicyclic) bond motifs is 1. The highest BCUT2D eigenvalue weighted by Gasteiger charge is 2.31. The lowest BCUT2D eigenvalue weighted by Gasteiger charge is -2.31. The fourth-order valence-corrected chi connectivity index (χ4v) is 5.75. The van der Waals surface area contributed by atoms with Gasteiger partial charge in [-0.25, -0.2) is 13.2 Å². The quantitative estimate of drug-likeness (QED) is 0.254. The van der Waals surface area contributed by atoms with Crippen LogP contribution in [-0.4, -0.2) is 60.8 Å². The number of pyridine rings is 1. The second kappa shape index (κ2) is 12.7. The normalized spacial score (nSPS) is 14.1. The molecule has 1 aliphatic heterocycles. The Hall–Kier alpha value is -4.75. The van der Waals surface area contributed by atoms with Crippen LogP contribution in [0.2, 0.25) is 0 Å². The molecular weight excluding hydrogens is 596 g/mol. The summed E-state index contributed by atoms with van der Waals surface area (Å²) in [5, 5.41) is 6.89. The molecule has 3 N–H and O–H groups in total. The van der Waals surface area contributed by atoms with Crippen molar-refractivity contribution in [3.8, 4) is 0 Å². The summed E-state index contributed by atoms with van der Waals surface area (Å²) >= 11 is 0. The van der Waals surface area contributed by atoms with Crippen molar-refractivity contribution in [2.24, 2.45) is 5.92 Å². The third-order valence-corrected chi connectivity index (χ3v) is 7.76. The van der Waals surface area contributed by atoms with E-state index in [2.05, 4.69) is 20.3 Å². The molecule has 3 heterocycles. The Morgan fingerprint density at radius 1 is 0.978 bits per heavy atom. The van der Waals surface area contributed by atoms with Crippen LogP contribution >= 0.6 is 0 Å². The van der Waals surface area contributed by atoms with E-state index in [9.17, 15) is 22.8 Å². The van der Waals surface area contributed by atoms with Crippen molar-refractivity contribution in [1.29, 1.82) is 0 Å². The van der Waals surface area contributed by atoms with Crippen molar-refractivity contribution in [2.45, 2.75) is 39.2 Å². The fourth-order valence-electron chi connectivity index (χ4n) is 5.19. The predicted molar refractivity (Wildman–Crippen MR) is 173 cm³/mol. The maximum Gasteiger partial charge on any atom is 0.418 e. The molecule has 0 saturated carbocycles. The number of rotatable bonds is 7. The van der Waals surface area contributed by atoms with Crippen LogP contribution in [0.1, 0.15) is 44.0 Å². The summed E-state index contributed by atoms with van der Waals surface area (Å²) in [6.45, 7) is 6.71. The van der Waals surface area contributed by atoms with Crippen LogP contribution in [0.25, 0.3) is 10.9 Å². The molecule has 0 bridgehead atoms. The number of sulfonamides is 1. The van der Waals surface area contributed by atoms with E-state index in [1.54, 1.807) is 81.8 Å². The number of amides is 2. The fraction of sp³-hybridized carbons (Fsp3) is 0.312. The molecule has 0 atom stereocenters. The first-order valence-electron chi connectivity index (χ1n) is 14.5. The molecule has 1 fully saturated rings. The van der Waals surface area contributed by atoms with Gasteiger partial charge in [0.1, 0.15) is 5.60 Å². The van der Waals surface area contributed by atoms with Crippen molar-refractivity contribution in [3.05, 3.63) is 78.8 Å². The van der Waals surface area contributed by atoms with Gasteiger partial charge in [0.05, 0.1) is 28.7 Å². The molecule has 13 heteroatoms. The topological polar surface area (TPSA) is 152 Å². The Labute approximate surface area is 261 Å². The minimum atomic E-state index is -3.67. The number of carbonyl (C=O) groups is 3. The van der Waals surface area contributed by atoms with Crippen LogP contribution in [-0.2, 0) is 19.6 Å². The standard InChI is InChI=1S/C32H36N6O6S/c1-32(2,3)44-31(41)37-18-13-21-5-6-23(20-28(21)37)35-29(39)26-19-24(36-45(4,42)43)7-8-27(26)38(25-11-16-34-17-12-25)30(40)22-9-14-33-15-10-22/h5-8,11-13,16-20,22,33,36H,9-10,14-15H2,1-4H3,(H,35,39). The van der Waals surface area contributed by atoms with Crippen LogP contribution in [0.5, 0.6) is 0 Å². The summed E-state index contributed by atoms with van der Waals surface area (Å²) in [4.78, 5) is 46.5. The molecule has 2 aromatic carbocycles. The molecule has 236 valence electrons. The Bertz CT molecular complexity index is 1840. The average Bonchev–Trinajstić information content (AvgIpc) is 3.41. The van der Waals surface area contributed by atoms with Gasteiger partial charge in [-0.3, -0.25) is 28.8 Å². The molecular formula is C32H36N6O6S. The van der Waals surface area contributed by atoms with E-state index in [1.807, 2.05) is 0 Å². The van der Waals surface area contributed by atoms with Gasteiger partial charge in [0.25, 0.3) is 5.91 Å². The molecule has 2 amide bonds. The average molecular weight is 633 g/mol. The van der Waals surface area contributed by atoms with Crippen molar-refractivity contribution in [2.75, 3.05) is 34.3 Å². The number of benzene rings is 2. The number of piperidine rings is 1. The molecule has 2 aromatic heterocycles. The minimum absolute atomic E-state index is 0.0605. The minimum Gasteiger partial charge on any atom is -0.443 e. The number of aromatic nitrogens is 2. The Kier molecular flexibility index (Phi) is 8.94. The first kappa shape index (κ1) is 31.7. The number of hydrogen-bond acceptors (Lipinski definition) is 8. The first-order chi connectivity index (χ1) is 21.3. The molecule has 12 nitrogen and oxygen atoms in total. The molecule has 5 rings (SSSR count). The summed E-state index contributed by atoms with van der Waals surface area (Å²) in [6, 6.07) is 14.7. The zero-order valence-corrected chi connectivity index (χ0v) is 26.3. The van der Waals surface area contributed by atoms with Crippen molar-refractivity contribution in [3.63, 3.8) is 0 Å². The van der Waals surface area contributed by atoms with Crippen molar-refractivity contribution >= 4 is 61.6 Å². The monoisotopic (exact) mass is 632 g/mol. The van der Waals surface area contributed by atoms with E-state index in [1.165, 1.54) is 21.6 Å². The van der Waals surface area contributed by atoms with Gasteiger partial charge in [-0.05, 0) is 95.2 Å². The molecule has 45 heavy (non-hydrogen) atoms. The summed E-state index contributed by atoms with van der Waals surface area (Å²) in [5.74, 6) is -1.06. The van der Waals surface area contributed by atoms with Crippen LogP contribution in [0, 0.1) is 5.92 Å². The third-order valence-electron chi connectivity index (χ3n) is 7.16. The predicted octanol–water partition coefficient (Wildman–Crippen LogP) is 5.11. The lowest BCUT2D eigenvalue weighted by molar-refractivity contribution is -0.122. The summed E-state index contributed by atoms with van der Waals surface area (Å²) in [7, 11) is -3.67. The van der Waals surface area contributed by atoms with Gasteiger partial charge < -0.3 is 15.4 Å². The Balaban J connectivity index is 1.56. The Morgan fingerprint density at radius 2 is 1.67 bits per heavy atom. The van der Waals surface area contributed by atoms with E-state index in [0.717, 1.165) is 11.6 Å². The van der Waals surface area contributed by atoms with Crippen LogP contribution in [0.15, 0.2) is 73.2 Å². The number of anilines is 4. The van der Waals surface area contributed by atoms with Crippen molar-refractivity contribution in [1.82, 2.24) is 14.9 Å². The lowest BCUT2D eigenvalue weighted by Crippen LogP contribution is -2.39. The zero-order valence-electron chi connectivity index (χ0n) is 25.5. The smallest absolute Gasteiger partial charge is 0.418 e. The number of nitrogens with zero attached hydrogens (tertiary/aromatic N) is 3. The highest BCUT2D eigenvalue weighted by molar-refractivity contribution is 7.92. The third kappa shape index (κ3) is 7.67. The maximum atomic E-state index is 14.1. The zero-order chi connectivity index (χ0) is 32.4. The molecule has 4 aromatic rings. The summed E-state index contributed by atoms with van der Waals surface area (Å²) in [6.07, 6.45) is 6.44. The first-order valence-corrected chi connectivity index (χ1v) is 16.4. The number of ether oxygens (including phenoxy) is 1. The molecule has 0 unspecified atom stereocenters. The highest BCUT2D eigenvalue weighted by Crippen LogP contribution is 2.34. The van der Waals surface area contributed by atoms with E-state index in [0.29, 0.717) is 42.8 Å². The molecule has 0 spiro atoms. The molecule has 1 saturated heterocycles. The maximum absolute atomic E-state index is 14.1. The summed E-state index contributed by atoms with van der Waals surface area (Å²) in [5.41, 5.74) is 1.21. The van der Waals surface area contributed by atoms with Gasteiger partial charge >= 0.3 is 6.09 Å². The van der Waals surface area contributed by atoms with Gasteiger partial charge in [0, 0.05) is 41.3 Å². The van der Waals surface area contributed by atoms with Crippen LogP contribution < -0.4 is 20.3 Å². The second-order valence-corrected chi connectivity index (χ2v) is 13.7. The summed E-state index contributed by atoms with van der Waals surface area (Å²) < 4.78 is 33.4. The van der Waals surface area contributed by atoms with Gasteiger partial charge in [-0.15, -0.1) is 0 Å². The van der Waals surface area contributed by atoms with Gasteiger partial charge in [0.15, 0.2) is 0 Å². The largest absolute Gasteiger partial charge is 0.443 e. The number of hydrogen-bond donors (Lipinski definition) is 3. The van der Waals surface area contributed by atoms with Gasteiger partial charge in [-0.2, -0.15) is 0 Å². The van der Waals surface area contributed by atoms with Gasteiger partial charge in [-0.1, -0.05) is 6.07 Å². The van der Waals surface area contributed by atoms with Gasteiger partial charge in [0.2, 0.25) is 15.9 Å². The van der Waals surface area contributed by atoms with Crippen LogP contribution in [0.3, 0.4) is 0 Å².